The molecule has 1 atom stereocenters. The molecular formula is C20H25FN4O2. The summed E-state index contributed by atoms with van der Waals surface area (Å²) < 4.78 is 13.3. The lowest BCUT2D eigenvalue weighted by atomic mass is 9.95. The molecule has 2 amide bonds. The molecule has 2 heterocycles. The lowest BCUT2D eigenvalue weighted by Gasteiger charge is -2.33. The number of carbonyl (C=O) groups excluding carboxylic acids is 2. The van der Waals surface area contributed by atoms with Gasteiger partial charge in [-0.15, -0.1) is 0 Å². The number of aryl methyl sites for hydroxylation is 1. The minimum Gasteiger partial charge on any atom is -0.342 e. The number of H-pyrrole nitrogens is 1. The van der Waals surface area contributed by atoms with E-state index in [1.807, 2.05) is 19.1 Å². The smallest absolute Gasteiger partial charge is 0.227 e. The second kappa shape index (κ2) is 8.33. The Bertz CT molecular complexity index is 820. The molecule has 1 aliphatic heterocycles. The highest BCUT2D eigenvalue weighted by atomic mass is 19.1. The Kier molecular flexibility index (Phi) is 5.88. The summed E-state index contributed by atoms with van der Waals surface area (Å²) in [7, 11) is 1.76. The van der Waals surface area contributed by atoms with Gasteiger partial charge in [-0.2, -0.15) is 5.10 Å². The molecule has 0 aliphatic carbocycles. The van der Waals surface area contributed by atoms with Crippen molar-refractivity contribution >= 4 is 11.8 Å². The zero-order valence-electron chi connectivity index (χ0n) is 15.7. The van der Waals surface area contributed by atoms with Crippen LogP contribution in [0, 0.1) is 18.7 Å². The summed E-state index contributed by atoms with van der Waals surface area (Å²) in [6, 6.07) is 8.32. The molecule has 1 aromatic heterocycles. The highest BCUT2D eigenvalue weighted by Crippen LogP contribution is 2.21. The number of nitrogens with one attached hydrogen (secondary N) is 1. The van der Waals surface area contributed by atoms with E-state index in [1.165, 1.54) is 12.1 Å². The Balaban J connectivity index is 1.56. The summed E-state index contributed by atoms with van der Waals surface area (Å²) in [6.07, 6.45) is 1.51. The minimum absolute atomic E-state index is 0.0268. The first-order chi connectivity index (χ1) is 12.9. The van der Waals surface area contributed by atoms with Gasteiger partial charge in [-0.25, -0.2) is 4.39 Å². The zero-order valence-corrected chi connectivity index (χ0v) is 15.7. The number of piperidine rings is 1. The van der Waals surface area contributed by atoms with E-state index in [4.69, 9.17) is 0 Å². The summed E-state index contributed by atoms with van der Waals surface area (Å²) in [5.74, 6) is -0.402. The number of likely N-dealkylation sites (tertiary alicyclic amines) is 1. The molecule has 7 heteroatoms. The van der Waals surface area contributed by atoms with Gasteiger partial charge in [-0.3, -0.25) is 14.7 Å². The van der Waals surface area contributed by atoms with Crippen LogP contribution in [0.1, 0.15) is 29.8 Å². The fourth-order valence-electron chi connectivity index (χ4n) is 3.48. The third-order valence-corrected chi connectivity index (χ3v) is 4.94. The molecule has 1 aromatic carbocycles. The molecule has 0 bridgehead atoms. The van der Waals surface area contributed by atoms with E-state index in [0.29, 0.717) is 38.9 Å². The molecule has 1 N–H and O–H groups in total. The van der Waals surface area contributed by atoms with Crippen LogP contribution in [-0.4, -0.2) is 51.9 Å². The SMILES string of the molecule is Cc1cc(CN(C)C(=O)[C@@H]2CCC(=O)N(CCc3cccc(F)c3)C2)n[nH]1. The van der Waals surface area contributed by atoms with Crippen LogP contribution in [0.5, 0.6) is 0 Å². The molecule has 144 valence electrons. The molecule has 1 saturated heterocycles. The van der Waals surface area contributed by atoms with Gasteiger partial charge in [0.15, 0.2) is 0 Å². The molecule has 0 unspecified atom stereocenters. The van der Waals surface area contributed by atoms with E-state index in [-0.39, 0.29) is 23.5 Å². The molecule has 6 nitrogen and oxygen atoms in total. The van der Waals surface area contributed by atoms with Crippen molar-refractivity contribution in [2.45, 2.75) is 32.7 Å². The van der Waals surface area contributed by atoms with E-state index < -0.39 is 0 Å². The Morgan fingerprint density at radius 3 is 2.93 bits per heavy atom. The number of aromatic amines is 1. The second-order valence-electron chi connectivity index (χ2n) is 7.19. The Morgan fingerprint density at radius 2 is 2.22 bits per heavy atom. The molecule has 27 heavy (non-hydrogen) atoms. The van der Waals surface area contributed by atoms with E-state index in [2.05, 4.69) is 10.2 Å². The van der Waals surface area contributed by atoms with Crippen LogP contribution >= 0.6 is 0 Å². The van der Waals surface area contributed by atoms with Crippen molar-refractivity contribution in [1.29, 1.82) is 0 Å². The zero-order chi connectivity index (χ0) is 19.4. The molecule has 3 rings (SSSR count). The standard InChI is InChI=1S/C20H25FN4O2/c1-14-10-18(23-22-14)13-24(2)20(27)16-6-7-19(26)25(12-16)9-8-15-4-3-5-17(21)11-15/h3-5,10-11,16H,6-9,12-13H2,1-2H3,(H,22,23)/t16-/m1/s1. The van der Waals surface area contributed by atoms with Gasteiger partial charge in [0.2, 0.25) is 11.8 Å². The highest BCUT2D eigenvalue weighted by molar-refractivity contribution is 5.83. The number of benzene rings is 1. The van der Waals surface area contributed by atoms with Crippen LogP contribution < -0.4 is 0 Å². The predicted octanol–water partition coefficient (Wildman–Crippen LogP) is 2.30. The summed E-state index contributed by atoms with van der Waals surface area (Å²) in [5, 5.41) is 7.04. The fraction of sp³-hybridized carbons (Fsp3) is 0.450. The lowest BCUT2D eigenvalue weighted by molar-refractivity contribution is -0.142. The van der Waals surface area contributed by atoms with Gasteiger partial charge in [-0.1, -0.05) is 12.1 Å². The average molecular weight is 372 g/mol. The number of carbonyl (C=O) groups is 2. The molecule has 1 aliphatic rings. The quantitative estimate of drug-likeness (QED) is 0.846. The topological polar surface area (TPSA) is 69.3 Å². The molecule has 2 aromatic rings. The molecular weight excluding hydrogens is 347 g/mol. The lowest BCUT2D eigenvalue weighted by Crippen LogP contribution is -2.46. The van der Waals surface area contributed by atoms with E-state index in [9.17, 15) is 14.0 Å². The summed E-state index contributed by atoms with van der Waals surface area (Å²) in [6.45, 7) is 3.27. The van der Waals surface area contributed by atoms with Crippen molar-refractivity contribution in [2.24, 2.45) is 5.92 Å². The largest absolute Gasteiger partial charge is 0.342 e. The van der Waals surface area contributed by atoms with Gasteiger partial charge in [0.05, 0.1) is 18.2 Å². The molecule has 0 saturated carbocycles. The Labute approximate surface area is 158 Å². The molecule has 1 fully saturated rings. The number of nitrogens with zero attached hydrogens (tertiary/aromatic N) is 3. The van der Waals surface area contributed by atoms with Crippen molar-refractivity contribution < 1.29 is 14.0 Å². The fourth-order valence-corrected chi connectivity index (χ4v) is 3.48. The maximum atomic E-state index is 13.3. The summed E-state index contributed by atoms with van der Waals surface area (Å²) >= 11 is 0. The number of rotatable bonds is 6. The summed E-state index contributed by atoms with van der Waals surface area (Å²) in [4.78, 5) is 28.4. The maximum absolute atomic E-state index is 13.3. The number of hydrogen-bond acceptors (Lipinski definition) is 3. The van der Waals surface area contributed by atoms with Crippen molar-refractivity contribution in [3.8, 4) is 0 Å². The van der Waals surface area contributed by atoms with E-state index in [0.717, 1.165) is 17.0 Å². The van der Waals surface area contributed by atoms with Gasteiger partial charge in [0, 0.05) is 32.3 Å². The molecule has 0 radical (unpaired) electrons. The highest BCUT2D eigenvalue weighted by Gasteiger charge is 2.31. The first-order valence-electron chi connectivity index (χ1n) is 9.20. The first kappa shape index (κ1) is 19.1. The van der Waals surface area contributed by atoms with Gasteiger partial charge in [0.25, 0.3) is 0 Å². The summed E-state index contributed by atoms with van der Waals surface area (Å²) in [5.41, 5.74) is 2.62. The van der Waals surface area contributed by atoms with Crippen LogP contribution in [-0.2, 0) is 22.6 Å². The van der Waals surface area contributed by atoms with Gasteiger partial charge >= 0.3 is 0 Å². The van der Waals surface area contributed by atoms with Crippen molar-refractivity contribution in [1.82, 2.24) is 20.0 Å². The average Bonchev–Trinajstić information content (AvgIpc) is 3.05. The van der Waals surface area contributed by atoms with E-state index >= 15 is 0 Å². The van der Waals surface area contributed by atoms with Crippen molar-refractivity contribution in [3.63, 3.8) is 0 Å². The third-order valence-electron chi connectivity index (χ3n) is 4.94. The van der Waals surface area contributed by atoms with Crippen molar-refractivity contribution in [2.75, 3.05) is 20.1 Å². The van der Waals surface area contributed by atoms with Crippen LogP contribution in [0.2, 0.25) is 0 Å². The van der Waals surface area contributed by atoms with Crippen LogP contribution in [0.25, 0.3) is 0 Å². The second-order valence-corrected chi connectivity index (χ2v) is 7.19. The number of amides is 2. The number of hydrogen-bond donors (Lipinski definition) is 1. The van der Waals surface area contributed by atoms with Crippen molar-refractivity contribution in [3.05, 3.63) is 53.1 Å². The molecule has 0 spiro atoms. The maximum Gasteiger partial charge on any atom is 0.227 e. The number of aromatic nitrogens is 2. The van der Waals surface area contributed by atoms with Gasteiger partial charge in [-0.05, 0) is 43.5 Å². The van der Waals surface area contributed by atoms with E-state index in [1.54, 1.807) is 22.9 Å². The van der Waals surface area contributed by atoms with Crippen LogP contribution in [0.3, 0.4) is 0 Å². The third kappa shape index (κ3) is 4.93. The normalized spacial score (nSPS) is 17.2. The minimum atomic E-state index is -0.277. The van der Waals surface area contributed by atoms with Crippen LogP contribution in [0.4, 0.5) is 4.39 Å². The van der Waals surface area contributed by atoms with Gasteiger partial charge < -0.3 is 9.80 Å². The Morgan fingerprint density at radius 1 is 1.41 bits per heavy atom. The monoisotopic (exact) mass is 372 g/mol. The number of halogens is 1. The Hall–Kier alpha value is -2.70. The van der Waals surface area contributed by atoms with Gasteiger partial charge in [0.1, 0.15) is 5.82 Å². The first-order valence-corrected chi connectivity index (χ1v) is 9.20. The van der Waals surface area contributed by atoms with Crippen LogP contribution in [0.15, 0.2) is 30.3 Å². The predicted molar refractivity (Wildman–Crippen MR) is 99.2 cm³/mol.